The lowest BCUT2D eigenvalue weighted by atomic mass is 10.1. The van der Waals surface area contributed by atoms with Gasteiger partial charge < -0.3 is 4.74 Å². The van der Waals surface area contributed by atoms with Crippen LogP contribution in [0.3, 0.4) is 0 Å². The van der Waals surface area contributed by atoms with Crippen molar-refractivity contribution in [3.63, 3.8) is 0 Å². The van der Waals surface area contributed by atoms with Gasteiger partial charge in [-0.25, -0.2) is 0 Å². The fourth-order valence-corrected chi connectivity index (χ4v) is 0.963. The topological polar surface area (TPSA) is 33.1 Å². The molecule has 0 atom stereocenters. The van der Waals surface area contributed by atoms with Gasteiger partial charge in [-0.3, -0.25) is 5.41 Å². The highest BCUT2D eigenvalue weighted by Crippen LogP contribution is 2.04. The molecule has 1 aromatic rings. The Hall–Kier alpha value is -1.02. The first-order chi connectivity index (χ1) is 5.72. The van der Waals surface area contributed by atoms with Crippen molar-refractivity contribution < 1.29 is 4.74 Å². The van der Waals surface area contributed by atoms with Gasteiger partial charge in [0.1, 0.15) is 0 Å². The minimum Gasteiger partial charge on any atom is -0.484 e. The number of nitrogens with one attached hydrogen (secondary N) is 1. The molecule has 0 spiro atoms. The number of hydrogen-bond acceptors (Lipinski definition) is 2. The summed E-state index contributed by atoms with van der Waals surface area (Å²) in [5.74, 6) is 0.304. The molecular weight excluding hydrogens is 186 g/mol. The minimum atomic E-state index is 0. The summed E-state index contributed by atoms with van der Waals surface area (Å²) >= 11 is 0. The molecule has 0 saturated heterocycles. The van der Waals surface area contributed by atoms with Crippen molar-refractivity contribution in [2.45, 2.75) is 13.3 Å². The van der Waals surface area contributed by atoms with E-state index in [9.17, 15) is 0 Å². The largest absolute Gasteiger partial charge is 0.484 e. The Bertz CT molecular complexity index is 269. The second-order valence-corrected chi connectivity index (χ2v) is 2.79. The highest BCUT2D eigenvalue weighted by Gasteiger charge is 1.97. The first kappa shape index (κ1) is 12.0. The molecule has 0 saturated carbocycles. The summed E-state index contributed by atoms with van der Waals surface area (Å²) in [6.07, 6.45) is 0.580. The van der Waals surface area contributed by atoms with Crippen LogP contribution in [0.2, 0.25) is 0 Å². The van der Waals surface area contributed by atoms with Gasteiger partial charge in [-0.1, -0.05) is 29.8 Å². The standard InChI is InChI=1S/C10H13NO.ClH/c1-8-3-5-9(6-4-8)7-10(11)12-2;/h3-6,11H,7H2,1-2H3;1H. The first-order valence-corrected chi connectivity index (χ1v) is 3.89. The molecule has 0 heterocycles. The van der Waals surface area contributed by atoms with Gasteiger partial charge in [-0.2, -0.15) is 0 Å². The summed E-state index contributed by atoms with van der Waals surface area (Å²) in [5, 5.41) is 7.31. The Morgan fingerprint density at radius 1 is 1.31 bits per heavy atom. The van der Waals surface area contributed by atoms with Crippen molar-refractivity contribution in [1.82, 2.24) is 0 Å². The van der Waals surface area contributed by atoms with E-state index in [0.717, 1.165) is 5.56 Å². The van der Waals surface area contributed by atoms with Crippen LogP contribution in [0.5, 0.6) is 0 Å². The molecule has 2 nitrogen and oxygen atoms in total. The normalized spacial score (nSPS) is 8.77. The van der Waals surface area contributed by atoms with Gasteiger partial charge in [0, 0.05) is 6.42 Å². The molecule has 0 bridgehead atoms. The lowest BCUT2D eigenvalue weighted by molar-refractivity contribution is 0.390. The van der Waals surface area contributed by atoms with E-state index in [1.807, 2.05) is 31.2 Å². The number of aryl methyl sites for hydroxylation is 1. The maximum atomic E-state index is 7.31. The molecule has 0 aliphatic heterocycles. The molecule has 0 amide bonds. The SMILES string of the molecule is COC(=N)Cc1ccc(C)cc1.Cl. The van der Waals surface area contributed by atoms with E-state index in [4.69, 9.17) is 10.1 Å². The van der Waals surface area contributed by atoms with Gasteiger partial charge in [0.25, 0.3) is 0 Å². The van der Waals surface area contributed by atoms with Crippen LogP contribution in [0.25, 0.3) is 0 Å². The Balaban J connectivity index is 0.00000144. The van der Waals surface area contributed by atoms with Crippen molar-refractivity contribution in [1.29, 1.82) is 5.41 Å². The smallest absolute Gasteiger partial charge is 0.184 e. The van der Waals surface area contributed by atoms with Gasteiger partial charge in [-0.15, -0.1) is 12.4 Å². The number of ether oxygens (including phenoxy) is 1. The quantitative estimate of drug-likeness (QED) is 0.577. The second kappa shape index (κ2) is 5.60. The minimum absolute atomic E-state index is 0. The molecule has 0 aliphatic rings. The highest BCUT2D eigenvalue weighted by molar-refractivity contribution is 5.85. The zero-order valence-corrected chi connectivity index (χ0v) is 8.65. The maximum absolute atomic E-state index is 7.31. The van der Waals surface area contributed by atoms with Gasteiger partial charge in [0.15, 0.2) is 5.90 Å². The van der Waals surface area contributed by atoms with Crippen molar-refractivity contribution in [3.8, 4) is 0 Å². The third-order valence-corrected chi connectivity index (χ3v) is 1.73. The Labute approximate surface area is 84.8 Å². The van der Waals surface area contributed by atoms with Crippen LogP contribution >= 0.6 is 12.4 Å². The Morgan fingerprint density at radius 2 is 1.85 bits per heavy atom. The highest BCUT2D eigenvalue weighted by atomic mass is 35.5. The van der Waals surface area contributed by atoms with Crippen molar-refractivity contribution in [3.05, 3.63) is 35.4 Å². The van der Waals surface area contributed by atoms with Gasteiger partial charge in [0.05, 0.1) is 7.11 Å². The van der Waals surface area contributed by atoms with Crippen LogP contribution in [0.4, 0.5) is 0 Å². The molecule has 13 heavy (non-hydrogen) atoms. The summed E-state index contributed by atoms with van der Waals surface area (Å²) in [6.45, 7) is 2.05. The summed E-state index contributed by atoms with van der Waals surface area (Å²) < 4.78 is 4.77. The maximum Gasteiger partial charge on any atom is 0.184 e. The monoisotopic (exact) mass is 199 g/mol. The molecule has 3 heteroatoms. The molecule has 72 valence electrons. The predicted molar refractivity (Wildman–Crippen MR) is 56.9 cm³/mol. The number of methoxy groups -OCH3 is 1. The van der Waals surface area contributed by atoms with Crippen LogP contribution in [0.1, 0.15) is 11.1 Å². The third kappa shape index (κ3) is 3.95. The second-order valence-electron chi connectivity index (χ2n) is 2.79. The summed E-state index contributed by atoms with van der Waals surface area (Å²) in [4.78, 5) is 0. The van der Waals surface area contributed by atoms with E-state index in [2.05, 4.69) is 0 Å². The van der Waals surface area contributed by atoms with E-state index in [1.54, 1.807) is 0 Å². The average Bonchev–Trinajstić information content (AvgIpc) is 2.09. The first-order valence-electron chi connectivity index (χ1n) is 3.89. The molecule has 1 aromatic carbocycles. The number of halogens is 1. The van der Waals surface area contributed by atoms with Crippen molar-refractivity contribution in [2.24, 2.45) is 0 Å². The van der Waals surface area contributed by atoms with Crippen LogP contribution in [0.15, 0.2) is 24.3 Å². The van der Waals surface area contributed by atoms with E-state index >= 15 is 0 Å². The Kier molecular flexibility index (Phi) is 5.16. The zero-order valence-electron chi connectivity index (χ0n) is 7.83. The number of hydrogen-bond donors (Lipinski definition) is 1. The van der Waals surface area contributed by atoms with Crippen LogP contribution < -0.4 is 0 Å². The molecular formula is C10H14ClNO. The van der Waals surface area contributed by atoms with Crippen LogP contribution in [-0.4, -0.2) is 13.0 Å². The van der Waals surface area contributed by atoms with E-state index in [1.165, 1.54) is 12.7 Å². The fourth-order valence-electron chi connectivity index (χ4n) is 0.963. The predicted octanol–water partition coefficient (Wildman–Crippen LogP) is 2.58. The van der Waals surface area contributed by atoms with Gasteiger partial charge in [0.2, 0.25) is 0 Å². The molecule has 0 unspecified atom stereocenters. The lowest BCUT2D eigenvalue weighted by Gasteiger charge is -2.02. The van der Waals surface area contributed by atoms with Crippen molar-refractivity contribution in [2.75, 3.05) is 7.11 Å². The van der Waals surface area contributed by atoms with Gasteiger partial charge in [-0.05, 0) is 12.5 Å². The fraction of sp³-hybridized carbons (Fsp3) is 0.300. The molecule has 1 N–H and O–H groups in total. The summed E-state index contributed by atoms with van der Waals surface area (Å²) in [6, 6.07) is 8.11. The summed E-state index contributed by atoms with van der Waals surface area (Å²) in [7, 11) is 1.52. The van der Waals surface area contributed by atoms with E-state index < -0.39 is 0 Å². The van der Waals surface area contributed by atoms with E-state index in [0.29, 0.717) is 12.3 Å². The summed E-state index contributed by atoms with van der Waals surface area (Å²) in [5.41, 5.74) is 2.36. The van der Waals surface area contributed by atoms with E-state index in [-0.39, 0.29) is 12.4 Å². The van der Waals surface area contributed by atoms with Gasteiger partial charge >= 0.3 is 0 Å². The lowest BCUT2D eigenvalue weighted by Crippen LogP contribution is -2.02. The molecule has 0 aliphatic carbocycles. The van der Waals surface area contributed by atoms with Crippen LogP contribution in [-0.2, 0) is 11.2 Å². The van der Waals surface area contributed by atoms with Crippen LogP contribution in [0, 0.1) is 12.3 Å². The molecule has 0 radical (unpaired) electrons. The third-order valence-electron chi connectivity index (χ3n) is 1.73. The van der Waals surface area contributed by atoms with Crippen molar-refractivity contribution >= 4 is 18.3 Å². The molecule has 0 aromatic heterocycles. The Morgan fingerprint density at radius 3 is 2.31 bits per heavy atom. The molecule has 1 rings (SSSR count). The number of benzene rings is 1. The number of rotatable bonds is 2. The zero-order chi connectivity index (χ0) is 8.97. The molecule has 0 fully saturated rings. The average molecular weight is 200 g/mol.